The van der Waals surface area contributed by atoms with Gasteiger partial charge in [-0.1, -0.05) is 0 Å². The van der Waals surface area contributed by atoms with Crippen LogP contribution in [0.25, 0.3) is 0 Å². The second-order valence-corrected chi connectivity index (χ2v) is 5.47. The summed E-state index contributed by atoms with van der Waals surface area (Å²) in [5.41, 5.74) is 0.816. The van der Waals surface area contributed by atoms with Crippen molar-refractivity contribution in [2.75, 3.05) is 11.6 Å². The smallest absolute Gasteiger partial charge is 0.211 e. The molecular weight excluding hydrogens is 238 g/mol. The maximum absolute atomic E-state index is 11.4. The predicted molar refractivity (Wildman–Crippen MR) is 59.3 cm³/mol. The van der Waals surface area contributed by atoms with E-state index in [-0.39, 0.29) is 12.3 Å². The predicted octanol–water partition coefficient (Wildman–Crippen LogP) is 1.72. The molecule has 0 atom stereocenters. The number of sulfonamides is 1. The highest BCUT2D eigenvalue weighted by Crippen LogP contribution is 2.01. The number of furan rings is 1. The monoisotopic (exact) mass is 251 g/mol. The lowest BCUT2D eigenvalue weighted by atomic mass is 10.4. The van der Waals surface area contributed by atoms with Crippen LogP contribution in [0.4, 0.5) is 0 Å². The Kier molecular flexibility index (Phi) is 5.14. The lowest BCUT2D eigenvalue weighted by Crippen LogP contribution is -2.25. The average Bonchev–Trinajstić information content (AvgIpc) is 2.68. The molecule has 0 saturated carbocycles. The summed E-state index contributed by atoms with van der Waals surface area (Å²) in [4.78, 5) is 0. The largest absolute Gasteiger partial charge is 0.472 e. The van der Waals surface area contributed by atoms with E-state index in [1.807, 2.05) is 0 Å². The Morgan fingerprint density at radius 1 is 1.40 bits per heavy atom. The van der Waals surface area contributed by atoms with Gasteiger partial charge in [0, 0.05) is 18.0 Å². The molecule has 1 aromatic heterocycles. The molecule has 1 heterocycles. The minimum absolute atomic E-state index is 0.123. The van der Waals surface area contributed by atoms with Gasteiger partial charge in [-0.05, 0) is 18.9 Å². The molecule has 0 aromatic carbocycles. The molecule has 1 aromatic rings. The minimum Gasteiger partial charge on any atom is -0.472 e. The lowest BCUT2D eigenvalue weighted by molar-refractivity contribution is 0.560. The van der Waals surface area contributed by atoms with E-state index in [1.165, 1.54) is 12.5 Å². The second-order valence-electron chi connectivity index (χ2n) is 3.17. The maximum Gasteiger partial charge on any atom is 0.211 e. The number of alkyl halides is 1. The third kappa shape index (κ3) is 5.20. The molecule has 15 heavy (non-hydrogen) atoms. The number of halogens is 1. The molecule has 6 heteroatoms. The molecule has 4 nitrogen and oxygen atoms in total. The number of hydrogen-bond acceptors (Lipinski definition) is 3. The van der Waals surface area contributed by atoms with E-state index >= 15 is 0 Å². The molecule has 0 amide bonds. The molecule has 0 unspecified atom stereocenters. The van der Waals surface area contributed by atoms with E-state index in [2.05, 4.69) is 4.72 Å². The van der Waals surface area contributed by atoms with E-state index in [0.29, 0.717) is 18.7 Å². The van der Waals surface area contributed by atoms with Crippen LogP contribution in [0, 0.1) is 0 Å². The summed E-state index contributed by atoms with van der Waals surface area (Å²) in [5.74, 6) is 0.620. The van der Waals surface area contributed by atoms with Crippen LogP contribution in [-0.4, -0.2) is 20.1 Å². The molecule has 1 rings (SSSR count). The SMILES string of the molecule is O=S(=O)(CCCCCl)NCc1ccoc1. The standard InChI is InChI=1S/C9H14ClNO3S/c10-4-1-2-6-15(12,13)11-7-9-3-5-14-8-9/h3,5,8,11H,1-2,4,6-7H2. The first kappa shape index (κ1) is 12.5. The van der Waals surface area contributed by atoms with Crippen molar-refractivity contribution in [1.29, 1.82) is 0 Å². The van der Waals surface area contributed by atoms with Crippen LogP contribution < -0.4 is 4.72 Å². The van der Waals surface area contributed by atoms with Gasteiger partial charge < -0.3 is 4.42 Å². The number of nitrogens with one attached hydrogen (secondary N) is 1. The summed E-state index contributed by atoms with van der Waals surface area (Å²) in [6.07, 6.45) is 4.33. The van der Waals surface area contributed by atoms with Crippen molar-refractivity contribution < 1.29 is 12.8 Å². The van der Waals surface area contributed by atoms with E-state index in [1.54, 1.807) is 6.07 Å². The zero-order valence-corrected chi connectivity index (χ0v) is 9.85. The topological polar surface area (TPSA) is 59.3 Å². The molecule has 0 spiro atoms. The van der Waals surface area contributed by atoms with Crippen LogP contribution in [0.3, 0.4) is 0 Å². The van der Waals surface area contributed by atoms with Crippen LogP contribution in [0.2, 0.25) is 0 Å². The molecule has 0 saturated heterocycles. The van der Waals surface area contributed by atoms with Gasteiger partial charge in [0.15, 0.2) is 0 Å². The highest BCUT2D eigenvalue weighted by Gasteiger charge is 2.09. The lowest BCUT2D eigenvalue weighted by Gasteiger charge is -2.04. The molecular formula is C9H14ClNO3S. The fourth-order valence-electron chi connectivity index (χ4n) is 1.05. The van der Waals surface area contributed by atoms with Gasteiger partial charge in [-0.25, -0.2) is 13.1 Å². The van der Waals surface area contributed by atoms with Gasteiger partial charge in [0.2, 0.25) is 10.0 Å². The maximum atomic E-state index is 11.4. The Hall–Kier alpha value is -0.520. The Balaban J connectivity index is 2.30. The van der Waals surface area contributed by atoms with Crippen molar-refractivity contribution in [3.8, 4) is 0 Å². The highest BCUT2D eigenvalue weighted by molar-refractivity contribution is 7.89. The van der Waals surface area contributed by atoms with Crippen LogP contribution in [0.5, 0.6) is 0 Å². The first-order valence-electron chi connectivity index (χ1n) is 4.68. The molecule has 0 aliphatic rings. The Morgan fingerprint density at radius 2 is 2.20 bits per heavy atom. The third-order valence-corrected chi connectivity index (χ3v) is 3.55. The van der Waals surface area contributed by atoms with Crippen molar-refractivity contribution in [2.45, 2.75) is 19.4 Å². The number of rotatable bonds is 7. The van der Waals surface area contributed by atoms with E-state index in [4.69, 9.17) is 16.0 Å². The van der Waals surface area contributed by atoms with Crippen molar-refractivity contribution in [3.05, 3.63) is 24.2 Å². The summed E-state index contributed by atoms with van der Waals surface area (Å²) in [5, 5.41) is 0. The second kappa shape index (κ2) is 6.15. The molecule has 0 aliphatic carbocycles. The first-order chi connectivity index (χ1) is 7.14. The highest BCUT2D eigenvalue weighted by atomic mass is 35.5. The average molecular weight is 252 g/mol. The summed E-state index contributed by atoms with van der Waals surface area (Å²) in [6.45, 7) is 0.277. The Labute approximate surface area is 94.7 Å². The van der Waals surface area contributed by atoms with Crippen LogP contribution >= 0.6 is 11.6 Å². The molecule has 86 valence electrons. The van der Waals surface area contributed by atoms with Crippen LogP contribution in [0.15, 0.2) is 23.0 Å². The summed E-state index contributed by atoms with van der Waals surface area (Å²) >= 11 is 5.46. The van der Waals surface area contributed by atoms with Gasteiger partial charge in [0.1, 0.15) is 0 Å². The van der Waals surface area contributed by atoms with Gasteiger partial charge in [0.05, 0.1) is 18.3 Å². The van der Waals surface area contributed by atoms with Crippen LogP contribution in [0.1, 0.15) is 18.4 Å². The first-order valence-corrected chi connectivity index (χ1v) is 6.87. The van der Waals surface area contributed by atoms with Gasteiger partial charge >= 0.3 is 0 Å². The molecule has 0 fully saturated rings. The molecule has 0 bridgehead atoms. The minimum atomic E-state index is -3.18. The van der Waals surface area contributed by atoms with E-state index in [9.17, 15) is 8.42 Å². The molecule has 0 radical (unpaired) electrons. The number of hydrogen-bond donors (Lipinski definition) is 1. The van der Waals surface area contributed by atoms with E-state index < -0.39 is 10.0 Å². The van der Waals surface area contributed by atoms with E-state index in [0.717, 1.165) is 5.56 Å². The van der Waals surface area contributed by atoms with Gasteiger partial charge in [0.25, 0.3) is 0 Å². The van der Waals surface area contributed by atoms with Crippen molar-refractivity contribution in [3.63, 3.8) is 0 Å². The molecule has 0 aliphatic heterocycles. The third-order valence-electron chi connectivity index (χ3n) is 1.87. The van der Waals surface area contributed by atoms with Crippen molar-refractivity contribution in [2.24, 2.45) is 0 Å². The van der Waals surface area contributed by atoms with Gasteiger partial charge in [-0.2, -0.15) is 0 Å². The van der Waals surface area contributed by atoms with Crippen molar-refractivity contribution >= 4 is 21.6 Å². The van der Waals surface area contributed by atoms with Crippen LogP contribution in [-0.2, 0) is 16.6 Å². The number of unbranched alkanes of at least 4 members (excludes halogenated alkanes) is 1. The van der Waals surface area contributed by atoms with Gasteiger partial charge in [-0.15, -0.1) is 11.6 Å². The zero-order valence-electron chi connectivity index (χ0n) is 8.28. The summed E-state index contributed by atoms with van der Waals surface area (Å²) < 4.78 is 30.1. The van der Waals surface area contributed by atoms with Crippen molar-refractivity contribution in [1.82, 2.24) is 4.72 Å². The zero-order chi connectivity index (χ0) is 11.1. The molecule has 1 N–H and O–H groups in total. The Bertz CT molecular complexity index is 361. The summed E-state index contributed by atoms with van der Waals surface area (Å²) in [7, 11) is -3.18. The Morgan fingerprint density at radius 3 is 2.80 bits per heavy atom. The van der Waals surface area contributed by atoms with Gasteiger partial charge in [-0.3, -0.25) is 0 Å². The fraction of sp³-hybridized carbons (Fsp3) is 0.556. The summed E-state index contributed by atoms with van der Waals surface area (Å²) in [6, 6.07) is 1.72. The quantitative estimate of drug-likeness (QED) is 0.593. The normalized spacial score (nSPS) is 11.8. The fourth-order valence-corrected chi connectivity index (χ4v) is 2.35.